The van der Waals surface area contributed by atoms with E-state index < -0.39 is 18.0 Å². The van der Waals surface area contributed by atoms with Crippen LogP contribution in [0.4, 0.5) is 10.5 Å². The summed E-state index contributed by atoms with van der Waals surface area (Å²) in [5.41, 5.74) is 3.29. The van der Waals surface area contributed by atoms with Crippen molar-refractivity contribution < 1.29 is 24.2 Å². The summed E-state index contributed by atoms with van der Waals surface area (Å²) in [7, 11) is 3.26. The molecular weight excluding hydrogens is 472 g/mol. The number of aliphatic carboxylic acids is 1. The molecule has 3 aliphatic rings. The van der Waals surface area contributed by atoms with E-state index in [1.165, 1.54) is 13.5 Å². The number of carbonyl (C=O) groups excluding carboxylic acids is 2. The molecule has 1 aromatic heterocycles. The molecule has 0 bridgehead atoms. The van der Waals surface area contributed by atoms with Crippen molar-refractivity contribution in [1.82, 2.24) is 14.5 Å². The van der Waals surface area contributed by atoms with Crippen LogP contribution in [0.5, 0.6) is 0 Å². The zero-order valence-corrected chi connectivity index (χ0v) is 22.1. The van der Waals surface area contributed by atoms with Crippen LogP contribution < -0.4 is 4.90 Å². The summed E-state index contributed by atoms with van der Waals surface area (Å²) < 4.78 is 7.09. The lowest BCUT2D eigenvalue weighted by molar-refractivity contribution is -0.143. The molecule has 1 aromatic carbocycles. The van der Waals surface area contributed by atoms with Crippen LogP contribution in [-0.2, 0) is 16.0 Å². The Morgan fingerprint density at radius 3 is 2.51 bits per heavy atom. The number of hydrogen-bond donors (Lipinski definition) is 1. The summed E-state index contributed by atoms with van der Waals surface area (Å²) >= 11 is 0. The van der Waals surface area contributed by atoms with E-state index in [9.17, 15) is 19.5 Å². The molecule has 200 valence electrons. The number of benzene rings is 1. The van der Waals surface area contributed by atoms with Crippen molar-refractivity contribution in [2.24, 2.45) is 5.92 Å². The molecule has 9 nitrogen and oxygen atoms in total. The van der Waals surface area contributed by atoms with Gasteiger partial charge in [-0.3, -0.25) is 14.5 Å². The molecule has 0 radical (unpaired) electrons. The molecule has 2 heterocycles. The minimum absolute atomic E-state index is 0.00677. The Morgan fingerprint density at radius 1 is 1.05 bits per heavy atom. The summed E-state index contributed by atoms with van der Waals surface area (Å²) in [6, 6.07) is 3.94. The molecule has 2 fully saturated rings. The highest BCUT2D eigenvalue weighted by Gasteiger charge is 2.36. The fourth-order valence-corrected chi connectivity index (χ4v) is 6.71. The van der Waals surface area contributed by atoms with E-state index in [0.29, 0.717) is 18.7 Å². The highest BCUT2D eigenvalue weighted by atomic mass is 16.5. The number of carboxylic acids is 1. The molecule has 2 saturated carbocycles. The Bertz CT molecular complexity index is 1200. The van der Waals surface area contributed by atoms with E-state index in [0.717, 1.165) is 73.7 Å². The predicted octanol–water partition coefficient (Wildman–Crippen LogP) is 5.16. The number of aromatic nitrogens is 2. The second kappa shape index (κ2) is 10.3. The summed E-state index contributed by atoms with van der Waals surface area (Å²) in [4.78, 5) is 47.0. The quantitative estimate of drug-likeness (QED) is 0.609. The fourth-order valence-electron chi connectivity index (χ4n) is 6.71. The topological polar surface area (TPSA) is 105 Å². The zero-order valence-electron chi connectivity index (χ0n) is 22.1. The van der Waals surface area contributed by atoms with Crippen molar-refractivity contribution in [3.8, 4) is 0 Å². The molecule has 37 heavy (non-hydrogen) atoms. The van der Waals surface area contributed by atoms with Gasteiger partial charge in [0.15, 0.2) is 0 Å². The second-order valence-electron chi connectivity index (χ2n) is 11.0. The Balaban J connectivity index is 1.63. The van der Waals surface area contributed by atoms with Crippen LogP contribution >= 0.6 is 0 Å². The summed E-state index contributed by atoms with van der Waals surface area (Å²) in [6.45, 7) is 2.00. The van der Waals surface area contributed by atoms with Gasteiger partial charge in [-0.15, -0.1) is 0 Å². The molecule has 2 aliphatic carbocycles. The van der Waals surface area contributed by atoms with E-state index in [-0.39, 0.29) is 24.0 Å². The number of fused-ring (bicyclic) bond motifs is 3. The first-order valence-electron chi connectivity index (χ1n) is 13.7. The number of ether oxygens (including phenoxy) is 1. The first-order valence-corrected chi connectivity index (χ1v) is 13.7. The number of nitrogens with zero attached hydrogens (tertiary/aromatic N) is 4. The van der Waals surface area contributed by atoms with Crippen molar-refractivity contribution in [2.75, 3.05) is 19.1 Å². The molecule has 2 amide bonds. The standard InChI is InChI=1S/C28H38N4O5/c1-17-12-13-21-22(31(17)28(36)37-3)14-15-23-24(21)29-25(26(33)30(2)19-9-5-4-6-10-19)32(23)20-11-7-8-18(16-20)27(34)35/h14-15,17-20H,4-13,16H2,1-3H3,(H,34,35)/t17?,18-,20-/m1/s1. The third-order valence-electron chi connectivity index (χ3n) is 8.82. The average Bonchev–Trinajstić information content (AvgIpc) is 3.32. The number of amides is 2. The van der Waals surface area contributed by atoms with Gasteiger partial charge in [0.1, 0.15) is 0 Å². The lowest BCUT2D eigenvalue weighted by atomic mass is 9.85. The number of methoxy groups -OCH3 is 1. The Hall–Kier alpha value is -3.10. The van der Waals surface area contributed by atoms with Gasteiger partial charge in [-0.05, 0) is 64.0 Å². The van der Waals surface area contributed by atoms with Crippen molar-refractivity contribution in [1.29, 1.82) is 0 Å². The average molecular weight is 511 g/mol. The van der Waals surface area contributed by atoms with E-state index in [4.69, 9.17) is 9.72 Å². The molecule has 1 unspecified atom stereocenters. The maximum Gasteiger partial charge on any atom is 0.414 e. The van der Waals surface area contributed by atoms with Crippen molar-refractivity contribution in [3.63, 3.8) is 0 Å². The van der Waals surface area contributed by atoms with Gasteiger partial charge in [0.25, 0.3) is 5.91 Å². The molecule has 0 spiro atoms. The molecule has 3 atom stereocenters. The van der Waals surface area contributed by atoms with Crippen LogP contribution in [0, 0.1) is 5.92 Å². The maximum absolute atomic E-state index is 14.0. The van der Waals surface area contributed by atoms with Gasteiger partial charge >= 0.3 is 12.1 Å². The smallest absolute Gasteiger partial charge is 0.414 e. The molecule has 9 heteroatoms. The lowest BCUT2D eigenvalue weighted by Crippen LogP contribution is -2.42. The third-order valence-corrected chi connectivity index (χ3v) is 8.82. The number of carboxylic acid groups (broad SMARTS) is 1. The van der Waals surface area contributed by atoms with Gasteiger partial charge in [-0.25, -0.2) is 9.78 Å². The van der Waals surface area contributed by atoms with Crippen LogP contribution in [0.1, 0.15) is 93.4 Å². The predicted molar refractivity (Wildman–Crippen MR) is 140 cm³/mol. The Labute approximate surface area is 217 Å². The minimum Gasteiger partial charge on any atom is -0.481 e. The SMILES string of the molecule is COC(=O)N1c2ccc3c(nc(C(=O)N(C)C4CCCCC4)n3[C@@H]3CCC[C@@H](C(=O)O)C3)c2CCC1C. The van der Waals surface area contributed by atoms with Gasteiger partial charge in [0, 0.05) is 30.7 Å². The van der Waals surface area contributed by atoms with Crippen molar-refractivity contribution >= 4 is 34.7 Å². The number of anilines is 1. The van der Waals surface area contributed by atoms with Gasteiger partial charge in [0.05, 0.1) is 29.7 Å². The van der Waals surface area contributed by atoms with Gasteiger partial charge in [0.2, 0.25) is 5.82 Å². The molecule has 1 aliphatic heterocycles. The molecular formula is C28H38N4O5. The van der Waals surface area contributed by atoms with Crippen LogP contribution in [0.25, 0.3) is 11.0 Å². The van der Waals surface area contributed by atoms with Gasteiger partial charge in [-0.1, -0.05) is 25.7 Å². The zero-order chi connectivity index (χ0) is 26.3. The Kier molecular flexibility index (Phi) is 7.14. The number of hydrogen-bond acceptors (Lipinski definition) is 5. The van der Waals surface area contributed by atoms with Crippen LogP contribution in [-0.4, -0.2) is 63.8 Å². The van der Waals surface area contributed by atoms with E-state index >= 15 is 0 Å². The van der Waals surface area contributed by atoms with Crippen LogP contribution in [0.3, 0.4) is 0 Å². The molecule has 2 aromatic rings. The minimum atomic E-state index is -0.776. The van der Waals surface area contributed by atoms with Crippen LogP contribution in [0.15, 0.2) is 12.1 Å². The van der Waals surface area contributed by atoms with E-state index in [1.807, 2.05) is 35.6 Å². The van der Waals surface area contributed by atoms with Crippen molar-refractivity contribution in [2.45, 2.75) is 95.7 Å². The fraction of sp³-hybridized carbons (Fsp3) is 0.643. The van der Waals surface area contributed by atoms with Crippen LogP contribution in [0.2, 0.25) is 0 Å². The number of aryl methyl sites for hydroxylation is 1. The second-order valence-corrected chi connectivity index (χ2v) is 11.0. The summed E-state index contributed by atoms with van der Waals surface area (Å²) in [5.74, 6) is -0.927. The molecule has 5 rings (SSSR count). The first kappa shape index (κ1) is 25.5. The number of imidazole rings is 1. The monoisotopic (exact) mass is 510 g/mol. The van der Waals surface area contributed by atoms with Crippen molar-refractivity contribution in [3.05, 3.63) is 23.5 Å². The summed E-state index contributed by atoms with van der Waals surface area (Å²) in [6.07, 6.45) is 9.29. The first-order chi connectivity index (χ1) is 17.8. The normalized spacial score (nSPS) is 24.5. The summed E-state index contributed by atoms with van der Waals surface area (Å²) in [5, 5.41) is 9.74. The number of rotatable bonds is 4. The highest BCUT2D eigenvalue weighted by molar-refractivity contribution is 5.99. The van der Waals surface area contributed by atoms with Gasteiger partial charge < -0.3 is 19.3 Å². The Morgan fingerprint density at radius 2 is 1.81 bits per heavy atom. The molecule has 0 saturated heterocycles. The largest absolute Gasteiger partial charge is 0.481 e. The van der Waals surface area contributed by atoms with E-state index in [1.54, 1.807) is 4.90 Å². The van der Waals surface area contributed by atoms with E-state index in [2.05, 4.69) is 0 Å². The highest BCUT2D eigenvalue weighted by Crippen LogP contribution is 2.41. The van der Waals surface area contributed by atoms with Gasteiger partial charge in [-0.2, -0.15) is 0 Å². The third kappa shape index (κ3) is 4.57. The lowest BCUT2D eigenvalue weighted by Gasteiger charge is -2.34. The maximum atomic E-state index is 14.0. The molecule has 1 N–H and O–H groups in total. The number of carbonyl (C=O) groups is 3.